The first kappa shape index (κ1) is 9.41. The van der Waals surface area contributed by atoms with Crippen molar-refractivity contribution in [3.05, 3.63) is 35.9 Å². The van der Waals surface area contributed by atoms with Gasteiger partial charge in [-0.1, -0.05) is 30.3 Å². The molecule has 1 heterocycles. The summed E-state index contributed by atoms with van der Waals surface area (Å²) in [7, 11) is 0. The summed E-state index contributed by atoms with van der Waals surface area (Å²) in [4.78, 5) is 10.2. The maximum Gasteiger partial charge on any atom is 0.122 e. The summed E-state index contributed by atoms with van der Waals surface area (Å²) in [5.74, 6) is 0. The normalized spacial score (nSPS) is 24.6. The van der Waals surface area contributed by atoms with Gasteiger partial charge < -0.3 is 9.53 Å². The molecule has 1 aliphatic heterocycles. The number of hydrogen-bond acceptors (Lipinski definition) is 2. The summed E-state index contributed by atoms with van der Waals surface area (Å²) < 4.78 is 5.35. The van der Waals surface area contributed by atoms with Crippen LogP contribution in [-0.2, 0) is 16.0 Å². The second-order valence-electron chi connectivity index (χ2n) is 3.64. The number of epoxide rings is 1. The fraction of sp³-hybridized carbons (Fsp3) is 0.417. The van der Waals surface area contributed by atoms with Gasteiger partial charge in [0.05, 0.1) is 12.2 Å². The van der Waals surface area contributed by atoms with Crippen molar-refractivity contribution in [3.63, 3.8) is 0 Å². The molecule has 2 heteroatoms. The largest absolute Gasteiger partial charge is 0.369 e. The molecule has 2 nitrogen and oxygen atoms in total. The highest BCUT2D eigenvalue weighted by Gasteiger charge is 2.37. The van der Waals surface area contributed by atoms with Crippen LogP contribution < -0.4 is 0 Å². The molecule has 1 saturated heterocycles. The minimum absolute atomic E-state index is 0.205. The van der Waals surface area contributed by atoms with E-state index in [1.807, 2.05) is 18.2 Å². The number of ether oxygens (including phenoxy) is 1. The molecule has 2 atom stereocenters. The van der Waals surface area contributed by atoms with E-state index in [2.05, 4.69) is 12.1 Å². The van der Waals surface area contributed by atoms with E-state index in [9.17, 15) is 4.79 Å². The maximum atomic E-state index is 10.2. The molecule has 0 saturated carbocycles. The molecular weight excluding hydrogens is 176 g/mol. The van der Waals surface area contributed by atoms with Gasteiger partial charge in [-0.2, -0.15) is 0 Å². The van der Waals surface area contributed by atoms with Gasteiger partial charge in [-0.25, -0.2) is 0 Å². The van der Waals surface area contributed by atoms with Crippen molar-refractivity contribution < 1.29 is 9.53 Å². The van der Waals surface area contributed by atoms with E-state index in [1.54, 1.807) is 0 Å². The Morgan fingerprint density at radius 1 is 1.21 bits per heavy atom. The third-order valence-electron chi connectivity index (χ3n) is 2.58. The van der Waals surface area contributed by atoms with Gasteiger partial charge in [-0.3, -0.25) is 0 Å². The molecule has 74 valence electrons. The Balaban J connectivity index is 1.72. The molecule has 0 amide bonds. The summed E-state index contributed by atoms with van der Waals surface area (Å²) in [5.41, 5.74) is 1.34. The van der Waals surface area contributed by atoms with Crippen LogP contribution in [0.25, 0.3) is 0 Å². The fourth-order valence-electron chi connectivity index (χ4n) is 1.69. The van der Waals surface area contributed by atoms with Crippen LogP contribution in [0.3, 0.4) is 0 Å². The lowest BCUT2D eigenvalue weighted by Gasteiger charge is -1.97. The Labute approximate surface area is 83.9 Å². The highest BCUT2D eigenvalue weighted by atomic mass is 16.6. The third kappa shape index (κ3) is 2.42. The van der Waals surface area contributed by atoms with E-state index in [1.165, 1.54) is 5.56 Å². The van der Waals surface area contributed by atoms with Gasteiger partial charge in [-0.05, 0) is 18.4 Å². The van der Waals surface area contributed by atoms with Gasteiger partial charge in [0.15, 0.2) is 0 Å². The second-order valence-corrected chi connectivity index (χ2v) is 3.64. The maximum absolute atomic E-state index is 10.2. The van der Waals surface area contributed by atoms with Crippen molar-refractivity contribution >= 4 is 6.29 Å². The van der Waals surface area contributed by atoms with E-state index < -0.39 is 0 Å². The molecule has 0 aromatic heterocycles. The van der Waals surface area contributed by atoms with E-state index in [0.29, 0.717) is 12.5 Å². The summed E-state index contributed by atoms with van der Waals surface area (Å²) in [6, 6.07) is 10.4. The van der Waals surface area contributed by atoms with Gasteiger partial charge >= 0.3 is 0 Å². The van der Waals surface area contributed by atoms with E-state index in [-0.39, 0.29) is 6.10 Å². The van der Waals surface area contributed by atoms with E-state index in [0.717, 1.165) is 19.1 Å². The molecule has 1 aliphatic rings. The minimum atomic E-state index is 0.205. The fourth-order valence-corrected chi connectivity index (χ4v) is 1.69. The van der Waals surface area contributed by atoms with Crippen LogP contribution in [0.1, 0.15) is 18.4 Å². The zero-order valence-electron chi connectivity index (χ0n) is 8.06. The third-order valence-corrected chi connectivity index (χ3v) is 2.58. The molecule has 0 bridgehead atoms. The number of aldehydes is 1. The average Bonchev–Trinajstić information content (AvgIpc) is 2.96. The lowest BCUT2D eigenvalue weighted by molar-refractivity contribution is -0.108. The quantitative estimate of drug-likeness (QED) is 0.525. The molecule has 1 aromatic carbocycles. The molecule has 1 aromatic rings. The van der Waals surface area contributed by atoms with Crippen molar-refractivity contribution in [1.29, 1.82) is 0 Å². The van der Waals surface area contributed by atoms with Crippen LogP contribution in [0.4, 0.5) is 0 Å². The Bertz CT molecular complexity index is 294. The molecule has 2 rings (SSSR count). The lowest BCUT2D eigenvalue weighted by atomic mass is 10.1. The van der Waals surface area contributed by atoms with Crippen LogP contribution in [-0.4, -0.2) is 18.5 Å². The minimum Gasteiger partial charge on any atom is -0.369 e. The number of carbonyl (C=O) groups excluding carboxylic acids is 1. The predicted molar refractivity (Wildman–Crippen MR) is 54.1 cm³/mol. The summed E-state index contributed by atoms with van der Waals surface area (Å²) in [6.45, 7) is 0. The van der Waals surface area contributed by atoms with Crippen LogP contribution >= 0.6 is 0 Å². The number of benzene rings is 1. The van der Waals surface area contributed by atoms with E-state index >= 15 is 0 Å². The Hall–Kier alpha value is -1.15. The van der Waals surface area contributed by atoms with Gasteiger partial charge in [0.25, 0.3) is 0 Å². The Morgan fingerprint density at radius 3 is 2.71 bits per heavy atom. The zero-order valence-corrected chi connectivity index (χ0v) is 8.06. The number of rotatable bonds is 5. The van der Waals surface area contributed by atoms with Crippen molar-refractivity contribution in [2.45, 2.75) is 31.5 Å². The molecule has 0 spiro atoms. The van der Waals surface area contributed by atoms with Gasteiger partial charge in [0, 0.05) is 6.42 Å². The molecule has 1 fully saturated rings. The molecule has 0 radical (unpaired) electrons. The van der Waals surface area contributed by atoms with Crippen molar-refractivity contribution in [2.24, 2.45) is 0 Å². The highest BCUT2D eigenvalue weighted by Crippen LogP contribution is 2.28. The van der Waals surface area contributed by atoms with Gasteiger partial charge in [0.2, 0.25) is 0 Å². The first-order valence-corrected chi connectivity index (χ1v) is 5.03. The lowest BCUT2D eigenvalue weighted by Crippen LogP contribution is -1.97. The van der Waals surface area contributed by atoms with Crippen molar-refractivity contribution in [1.82, 2.24) is 0 Å². The SMILES string of the molecule is O=CC[C@H]1O[C@H]1CCc1ccccc1. The van der Waals surface area contributed by atoms with Crippen LogP contribution in [0.2, 0.25) is 0 Å². The Kier molecular flexibility index (Phi) is 2.94. The smallest absolute Gasteiger partial charge is 0.122 e. The number of hydrogen-bond donors (Lipinski definition) is 0. The number of carbonyl (C=O) groups is 1. The second kappa shape index (κ2) is 4.38. The molecule has 0 aliphatic carbocycles. The van der Waals surface area contributed by atoms with Crippen molar-refractivity contribution in [2.75, 3.05) is 0 Å². The first-order valence-electron chi connectivity index (χ1n) is 5.03. The predicted octanol–water partition coefficient (Wildman–Crippen LogP) is 1.98. The van der Waals surface area contributed by atoms with Gasteiger partial charge in [-0.15, -0.1) is 0 Å². The van der Waals surface area contributed by atoms with Crippen LogP contribution in [0, 0.1) is 0 Å². The molecular formula is C12H14O2. The molecule has 0 N–H and O–H groups in total. The van der Waals surface area contributed by atoms with Crippen LogP contribution in [0.5, 0.6) is 0 Å². The Morgan fingerprint density at radius 2 is 2.00 bits per heavy atom. The summed E-state index contributed by atoms with van der Waals surface area (Å²) in [5, 5.41) is 0. The summed E-state index contributed by atoms with van der Waals surface area (Å²) in [6.07, 6.45) is 4.09. The summed E-state index contributed by atoms with van der Waals surface area (Å²) >= 11 is 0. The first-order chi connectivity index (χ1) is 6.90. The van der Waals surface area contributed by atoms with E-state index in [4.69, 9.17) is 4.74 Å². The average molecular weight is 190 g/mol. The van der Waals surface area contributed by atoms with Gasteiger partial charge in [0.1, 0.15) is 6.29 Å². The topological polar surface area (TPSA) is 29.6 Å². The van der Waals surface area contributed by atoms with Crippen molar-refractivity contribution in [3.8, 4) is 0 Å². The van der Waals surface area contributed by atoms with Crippen LogP contribution in [0.15, 0.2) is 30.3 Å². The number of aryl methyl sites for hydroxylation is 1. The standard InChI is InChI=1S/C12H14O2/c13-9-8-12-11(14-12)7-6-10-4-2-1-3-5-10/h1-5,9,11-12H,6-8H2/t11-,12+/m0/s1. The molecule has 0 unspecified atom stereocenters. The molecule has 14 heavy (non-hydrogen) atoms. The zero-order chi connectivity index (χ0) is 9.80. The highest BCUT2D eigenvalue weighted by molar-refractivity contribution is 5.51. The monoisotopic (exact) mass is 190 g/mol.